The Morgan fingerprint density at radius 1 is 0.864 bits per heavy atom. The zero-order valence-corrected chi connectivity index (χ0v) is 13.7. The maximum absolute atomic E-state index is 2.55. The van der Waals surface area contributed by atoms with E-state index in [0.29, 0.717) is 0 Å². The van der Waals surface area contributed by atoms with Gasteiger partial charge in [-0.3, -0.25) is 0 Å². The molecule has 1 nitrogen and oxygen atoms in total. The summed E-state index contributed by atoms with van der Waals surface area (Å²) in [5.41, 5.74) is 4.35. The van der Waals surface area contributed by atoms with Gasteiger partial charge in [0.2, 0.25) is 0 Å². The van der Waals surface area contributed by atoms with Crippen molar-refractivity contribution in [2.75, 3.05) is 18.0 Å². The number of aryl methyl sites for hydroxylation is 1. The predicted octanol–water partition coefficient (Wildman–Crippen LogP) is 5.10. The molecule has 0 atom stereocenters. The van der Waals surface area contributed by atoms with Crippen LogP contribution >= 0.6 is 0 Å². The molecule has 1 heterocycles. The normalized spacial score (nSPS) is 16.0. The van der Waals surface area contributed by atoms with Crippen molar-refractivity contribution in [3.05, 3.63) is 65.7 Å². The van der Waals surface area contributed by atoms with Crippen LogP contribution in [0.15, 0.2) is 54.6 Å². The average Bonchev–Trinajstić information content (AvgIpc) is 2.58. The first-order valence-electron chi connectivity index (χ1n) is 8.73. The molecule has 0 amide bonds. The fraction of sp³-hybridized carbons (Fsp3) is 0.429. The summed E-state index contributed by atoms with van der Waals surface area (Å²) in [7, 11) is 0. The predicted molar refractivity (Wildman–Crippen MR) is 95.5 cm³/mol. The first-order valence-corrected chi connectivity index (χ1v) is 8.73. The maximum Gasteiger partial charge on any atom is 0.0366 e. The molecule has 1 aliphatic heterocycles. The first-order chi connectivity index (χ1) is 10.8. The molecule has 116 valence electrons. The zero-order chi connectivity index (χ0) is 15.2. The van der Waals surface area contributed by atoms with Crippen LogP contribution in [-0.2, 0) is 12.8 Å². The van der Waals surface area contributed by atoms with Crippen LogP contribution in [0.3, 0.4) is 0 Å². The highest BCUT2D eigenvalue weighted by Gasteiger charge is 2.19. The smallest absolute Gasteiger partial charge is 0.0366 e. The molecule has 0 aromatic heterocycles. The lowest BCUT2D eigenvalue weighted by atomic mass is 9.90. The fourth-order valence-electron chi connectivity index (χ4n) is 3.50. The van der Waals surface area contributed by atoms with Gasteiger partial charge in [0.15, 0.2) is 0 Å². The summed E-state index contributed by atoms with van der Waals surface area (Å²) in [5, 5.41) is 0. The summed E-state index contributed by atoms with van der Waals surface area (Å²) >= 11 is 0. The first kappa shape index (κ1) is 15.1. The van der Waals surface area contributed by atoms with Gasteiger partial charge in [-0.15, -0.1) is 0 Å². The average molecular weight is 293 g/mol. The van der Waals surface area contributed by atoms with E-state index in [-0.39, 0.29) is 0 Å². The highest BCUT2D eigenvalue weighted by Crippen LogP contribution is 2.26. The van der Waals surface area contributed by atoms with E-state index < -0.39 is 0 Å². The van der Waals surface area contributed by atoms with Gasteiger partial charge in [0.05, 0.1) is 0 Å². The van der Waals surface area contributed by atoms with Crippen LogP contribution in [-0.4, -0.2) is 13.1 Å². The molecule has 0 saturated carbocycles. The molecule has 0 unspecified atom stereocenters. The third-order valence-corrected chi connectivity index (χ3v) is 4.82. The minimum Gasteiger partial charge on any atom is -0.372 e. The number of hydrogen-bond donors (Lipinski definition) is 0. The lowest BCUT2D eigenvalue weighted by Gasteiger charge is -2.33. The highest BCUT2D eigenvalue weighted by atomic mass is 15.1. The Hall–Kier alpha value is -1.76. The fourth-order valence-corrected chi connectivity index (χ4v) is 3.50. The molecular formula is C21H27N. The molecule has 1 heteroatoms. The van der Waals surface area contributed by atoms with Gasteiger partial charge in [-0.2, -0.15) is 0 Å². The van der Waals surface area contributed by atoms with Crippen molar-refractivity contribution in [3.63, 3.8) is 0 Å². The van der Waals surface area contributed by atoms with Gasteiger partial charge >= 0.3 is 0 Å². The second kappa shape index (κ2) is 7.49. The van der Waals surface area contributed by atoms with Crippen molar-refractivity contribution in [1.29, 1.82) is 0 Å². The Morgan fingerprint density at radius 2 is 1.55 bits per heavy atom. The second-order valence-electron chi connectivity index (χ2n) is 6.54. The van der Waals surface area contributed by atoms with Crippen molar-refractivity contribution in [2.45, 2.75) is 39.0 Å². The molecule has 1 fully saturated rings. The van der Waals surface area contributed by atoms with Crippen LogP contribution in [0.1, 0.15) is 37.3 Å². The summed E-state index contributed by atoms with van der Waals surface area (Å²) in [6, 6.07) is 20.2. The van der Waals surface area contributed by atoms with Crippen LogP contribution in [0.25, 0.3) is 0 Å². The highest BCUT2D eigenvalue weighted by molar-refractivity contribution is 5.48. The number of benzene rings is 2. The van der Waals surface area contributed by atoms with Crippen molar-refractivity contribution in [1.82, 2.24) is 0 Å². The van der Waals surface area contributed by atoms with E-state index in [1.165, 1.54) is 62.0 Å². The molecule has 0 radical (unpaired) electrons. The lowest BCUT2D eigenvalue weighted by molar-refractivity contribution is 0.404. The number of rotatable bonds is 5. The monoisotopic (exact) mass is 293 g/mol. The molecule has 22 heavy (non-hydrogen) atoms. The largest absolute Gasteiger partial charge is 0.372 e. The van der Waals surface area contributed by atoms with E-state index in [1.807, 2.05) is 0 Å². The molecule has 0 aliphatic carbocycles. The third kappa shape index (κ3) is 3.91. The molecule has 1 saturated heterocycles. The van der Waals surface area contributed by atoms with Crippen molar-refractivity contribution in [2.24, 2.45) is 5.92 Å². The standard InChI is InChI=1S/C21H27N/c1-2-6-18-9-11-21(12-10-18)22-15-13-20(14-16-22)17-19-7-4-3-5-8-19/h3-5,7-12,20H,2,6,13-17H2,1H3. The SMILES string of the molecule is CCCc1ccc(N2CCC(Cc3ccccc3)CC2)cc1. The summed E-state index contributed by atoms with van der Waals surface area (Å²) in [4.78, 5) is 2.55. The van der Waals surface area contributed by atoms with E-state index >= 15 is 0 Å². The minimum absolute atomic E-state index is 0.845. The van der Waals surface area contributed by atoms with Crippen LogP contribution in [0, 0.1) is 5.92 Å². The van der Waals surface area contributed by atoms with E-state index in [0.717, 1.165) is 5.92 Å². The Bertz CT molecular complexity index is 550. The van der Waals surface area contributed by atoms with Crippen LogP contribution < -0.4 is 4.90 Å². The summed E-state index contributed by atoms with van der Waals surface area (Å²) < 4.78 is 0. The molecule has 1 aliphatic rings. The summed E-state index contributed by atoms with van der Waals surface area (Å²) in [6.07, 6.45) is 6.28. The Morgan fingerprint density at radius 3 is 2.18 bits per heavy atom. The van der Waals surface area contributed by atoms with Gasteiger partial charge < -0.3 is 4.90 Å². The topological polar surface area (TPSA) is 3.24 Å². The van der Waals surface area contributed by atoms with E-state index in [4.69, 9.17) is 0 Å². The molecular weight excluding hydrogens is 266 g/mol. The van der Waals surface area contributed by atoms with Gasteiger partial charge in [0.1, 0.15) is 0 Å². The number of nitrogens with zero attached hydrogens (tertiary/aromatic N) is 1. The third-order valence-electron chi connectivity index (χ3n) is 4.82. The van der Waals surface area contributed by atoms with Gasteiger partial charge in [-0.05, 0) is 54.9 Å². The molecule has 2 aromatic rings. The van der Waals surface area contributed by atoms with Crippen molar-refractivity contribution < 1.29 is 0 Å². The van der Waals surface area contributed by atoms with Gasteiger partial charge in [0.25, 0.3) is 0 Å². The lowest BCUT2D eigenvalue weighted by Crippen LogP contribution is -2.34. The molecule has 0 bridgehead atoms. The summed E-state index contributed by atoms with van der Waals surface area (Å²) in [6.45, 7) is 4.64. The number of hydrogen-bond acceptors (Lipinski definition) is 1. The van der Waals surface area contributed by atoms with Crippen molar-refractivity contribution >= 4 is 5.69 Å². The molecule has 2 aromatic carbocycles. The molecule has 0 N–H and O–H groups in total. The Labute approximate surface area is 135 Å². The van der Waals surface area contributed by atoms with E-state index in [1.54, 1.807) is 0 Å². The van der Waals surface area contributed by atoms with E-state index in [2.05, 4.69) is 66.4 Å². The quantitative estimate of drug-likeness (QED) is 0.741. The number of piperidine rings is 1. The molecule has 3 rings (SSSR count). The van der Waals surface area contributed by atoms with Crippen LogP contribution in [0.4, 0.5) is 5.69 Å². The number of anilines is 1. The zero-order valence-electron chi connectivity index (χ0n) is 13.7. The van der Waals surface area contributed by atoms with Gasteiger partial charge in [-0.1, -0.05) is 55.8 Å². The Kier molecular flexibility index (Phi) is 5.15. The van der Waals surface area contributed by atoms with Crippen LogP contribution in [0.2, 0.25) is 0 Å². The summed E-state index contributed by atoms with van der Waals surface area (Å²) in [5.74, 6) is 0.845. The minimum atomic E-state index is 0.845. The van der Waals surface area contributed by atoms with E-state index in [9.17, 15) is 0 Å². The van der Waals surface area contributed by atoms with Crippen LogP contribution in [0.5, 0.6) is 0 Å². The second-order valence-corrected chi connectivity index (χ2v) is 6.54. The molecule has 0 spiro atoms. The van der Waals surface area contributed by atoms with Gasteiger partial charge in [-0.25, -0.2) is 0 Å². The Balaban J connectivity index is 1.53. The maximum atomic E-state index is 2.55. The van der Waals surface area contributed by atoms with Crippen molar-refractivity contribution in [3.8, 4) is 0 Å². The van der Waals surface area contributed by atoms with Gasteiger partial charge in [0, 0.05) is 18.8 Å².